The molecule has 1 fully saturated rings. The van der Waals surface area contributed by atoms with E-state index in [9.17, 15) is 4.79 Å². The summed E-state index contributed by atoms with van der Waals surface area (Å²) in [5, 5.41) is 8.83. The van der Waals surface area contributed by atoms with Crippen LogP contribution >= 0.6 is 0 Å². The van der Waals surface area contributed by atoms with Crippen LogP contribution in [-0.4, -0.2) is 27.1 Å². The largest absolute Gasteiger partial charge is 0.479 e. The molecule has 0 aliphatic carbocycles. The van der Waals surface area contributed by atoms with Crippen LogP contribution in [0, 0.1) is 0 Å². The number of carboxylic acids is 1. The summed E-state index contributed by atoms with van der Waals surface area (Å²) in [5.74, 6) is -0.914. The van der Waals surface area contributed by atoms with Gasteiger partial charge in [-0.15, -0.1) is 0 Å². The van der Waals surface area contributed by atoms with E-state index in [1.165, 1.54) is 0 Å². The van der Waals surface area contributed by atoms with Gasteiger partial charge in [0.05, 0.1) is 11.9 Å². The zero-order valence-electron chi connectivity index (χ0n) is 8.38. The number of carboxylic acid groups (broad SMARTS) is 1. The van der Waals surface area contributed by atoms with Crippen LogP contribution in [-0.2, 0) is 15.1 Å². The molecule has 80 valence electrons. The Kier molecular flexibility index (Phi) is 2.40. The Labute approximate surface area is 87.1 Å². The maximum absolute atomic E-state index is 10.8. The highest BCUT2D eigenvalue weighted by Crippen LogP contribution is 2.37. The Morgan fingerprint density at radius 2 is 2.47 bits per heavy atom. The SMILES string of the molecule is CC1(c2cnccn2)CCC(C(=O)O)O1. The summed E-state index contributed by atoms with van der Waals surface area (Å²) >= 11 is 0. The van der Waals surface area contributed by atoms with Crippen molar-refractivity contribution in [1.82, 2.24) is 9.97 Å². The number of carbonyl (C=O) groups is 1. The molecular formula is C10H12N2O3. The smallest absolute Gasteiger partial charge is 0.332 e. The molecule has 0 bridgehead atoms. The third kappa shape index (κ3) is 1.83. The number of nitrogens with zero attached hydrogens (tertiary/aromatic N) is 2. The van der Waals surface area contributed by atoms with Crippen molar-refractivity contribution < 1.29 is 14.6 Å². The van der Waals surface area contributed by atoms with Crippen LogP contribution in [0.25, 0.3) is 0 Å². The van der Waals surface area contributed by atoms with Crippen LogP contribution < -0.4 is 0 Å². The van der Waals surface area contributed by atoms with Gasteiger partial charge >= 0.3 is 5.97 Å². The van der Waals surface area contributed by atoms with Crippen LogP contribution in [0.15, 0.2) is 18.6 Å². The molecule has 1 aromatic heterocycles. The molecule has 0 spiro atoms. The summed E-state index contributed by atoms with van der Waals surface area (Å²) in [6.45, 7) is 1.85. The normalized spacial score (nSPS) is 30.3. The fourth-order valence-corrected chi connectivity index (χ4v) is 1.77. The van der Waals surface area contributed by atoms with Gasteiger partial charge in [-0.3, -0.25) is 9.97 Å². The maximum Gasteiger partial charge on any atom is 0.332 e. The predicted octanol–water partition coefficient (Wildman–Crippen LogP) is 0.955. The molecule has 5 nitrogen and oxygen atoms in total. The minimum atomic E-state index is -0.914. The van der Waals surface area contributed by atoms with Crippen molar-refractivity contribution in [1.29, 1.82) is 0 Å². The number of hydrogen-bond donors (Lipinski definition) is 1. The third-order valence-corrected chi connectivity index (χ3v) is 2.67. The first-order valence-corrected chi connectivity index (χ1v) is 4.79. The number of rotatable bonds is 2. The van der Waals surface area contributed by atoms with Crippen molar-refractivity contribution in [3.63, 3.8) is 0 Å². The first kappa shape index (κ1) is 10.0. The van der Waals surface area contributed by atoms with Gasteiger partial charge in [0.25, 0.3) is 0 Å². The second-order valence-electron chi connectivity index (χ2n) is 3.80. The second-order valence-corrected chi connectivity index (χ2v) is 3.80. The standard InChI is InChI=1S/C10H12N2O3/c1-10(8-6-11-4-5-12-8)3-2-7(15-10)9(13)14/h4-7H,2-3H2,1H3,(H,13,14). The van der Waals surface area contributed by atoms with Crippen LogP contribution in [0.4, 0.5) is 0 Å². The fraction of sp³-hybridized carbons (Fsp3) is 0.500. The van der Waals surface area contributed by atoms with E-state index < -0.39 is 17.7 Å². The van der Waals surface area contributed by atoms with E-state index in [0.717, 1.165) is 0 Å². The summed E-state index contributed by atoms with van der Waals surface area (Å²) < 4.78 is 5.49. The lowest BCUT2D eigenvalue weighted by atomic mass is 9.99. The monoisotopic (exact) mass is 208 g/mol. The Morgan fingerprint density at radius 3 is 3.00 bits per heavy atom. The van der Waals surface area contributed by atoms with Gasteiger partial charge in [0, 0.05) is 12.4 Å². The van der Waals surface area contributed by atoms with Crippen LogP contribution in [0.5, 0.6) is 0 Å². The molecule has 2 heterocycles. The lowest BCUT2D eigenvalue weighted by Crippen LogP contribution is -2.27. The van der Waals surface area contributed by atoms with Crippen molar-refractivity contribution in [2.45, 2.75) is 31.5 Å². The van der Waals surface area contributed by atoms with E-state index in [1.807, 2.05) is 6.92 Å². The van der Waals surface area contributed by atoms with E-state index in [-0.39, 0.29) is 0 Å². The van der Waals surface area contributed by atoms with Gasteiger partial charge in [-0.25, -0.2) is 4.79 Å². The van der Waals surface area contributed by atoms with Crippen LogP contribution in [0.3, 0.4) is 0 Å². The zero-order chi connectivity index (χ0) is 10.9. The van der Waals surface area contributed by atoms with Crippen molar-refractivity contribution >= 4 is 5.97 Å². The Balaban J connectivity index is 2.20. The summed E-state index contributed by atoms with van der Waals surface area (Å²) in [5.41, 5.74) is 0.0749. The molecule has 1 aliphatic rings. The highest BCUT2D eigenvalue weighted by Gasteiger charge is 2.41. The summed E-state index contributed by atoms with van der Waals surface area (Å²) in [6, 6.07) is 0. The number of aliphatic carboxylic acids is 1. The van der Waals surface area contributed by atoms with Crippen LogP contribution in [0.1, 0.15) is 25.5 Å². The quantitative estimate of drug-likeness (QED) is 0.783. The topological polar surface area (TPSA) is 72.3 Å². The van der Waals surface area contributed by atoms with Gasteiger partial charge in [-0.2, -0.15) is 0 Å². The molecule has 2 atom stereocenters. The summed E-state index contributed by atoms with van der Waals surface area (Å²) in [6.07, 6.45) is 5.22. The van der Waals surface area contributed by atoms with E-state index in [0.29, 0.717) is 18.5 Å². The minimum absolute atomic E-state index is 0.516. The minimum Gasteiger partial charge on any atom is -0.479 e. The van der Waals surface area contributed by atoms with Gasteiger partial charge in [0.15, 0.2) is 6.10 Å². The molecule has 2 rings (SSSR count). The average Bonchev–Trinajstić information content (AvgIpc) is 2.64. The highest BCUT2D eigenvalue weighted by atomic mass is 16.5. The van der Waals surface area contributed by atoms with Gasteiger partial charge in [-0.1, -0.05) is 0 Å². The molecule has 1 saturated heterocycles. The van der Waals surface area contributed by atoms with Gasteiger partial charge in [-0.05, 0) is 19.8 Å². The van der Waals surface area contributed by atoms with Gasteiger partial charge < -0.3 is 9.84 Å². The summed E-state index contributed by atoms with van der Waals surface area (Å²) in [7, 11) is 0. The molecular weight excluding hydrogens is 196 g/mol. The lowest BCUT2D eigenvalue weighted by Gasteiger charge is -2.22. The van der Waals surface area contributed by atoms with Crippen molar-refractivity contribution in [3.8, 4) is 0 Å². The molecule has 0 amide bonds. The van der Waals surface area contributed by atoms with Gasteiger partial charge in [0.2, 0.25) is 0 Å². The number of hydrogen-bond acceptors (Lipinski definition) is 4. The lowest BCUT2D eigenvalue weighted by molar-refractivity contribution is -0.154. The molecule has 1 aromatic rings. The molecule has 5 heteroatoms. The number of ether oxygens (including phenoxy) is 1. The molecule has 2 unspecified atom stereocenters. The fourth-order valence-electron chi connectivity index (χ4n) is 1.77. The second kappa shape index (κ2) is 3.58. The Hall–Kier alpha value is -1.49. The predicted molar refractivity (Wildman–Crippen MR) is 51.1 cm³/mol. The van der Waals surface area contributed by atoms with Crippen molar-refractivity contribution in [3.05, 3.63) is 24.3 Å². The molecule has 1 N–H and O–H groups in total. The molecule has 15 heavy (non-hydrogen) atoms. The van der Waals surface area contributed by atoms with E-state index >= 15 is 0 Å². The van der Waals surface area contributed by atoms with Crippen molar-refractivity contribution in [2.24, 2.45) is 0 Å². The third-order valence-electron chi connectivity index (χ3n) is 2.67. The first-order chi connectivity index (χ1) is 7.12. The maximum atomic E-state index is 10.8. The van der Waals surface area contributed by atoms with Gasteiger partial charge in [0.1, 0.15) is 5.60 Å². The molecule has 1 aliphatic heterocycles. The Morgan fingerprint density at radius 1 is 1.67 bits per heavy atom. The zero-order valence-corrected chi connectivity index (χ0v) is 8.38. The molecule has 0 radical (unpaired) electrons. The first-order valence-electron chi connectivity index (χ1n) is 4.79. The molecule has 0 saturated carbocycles. The molecule has 0 aromatic carbocycles. The van der Waals surface area contributed by atoms with Crippen molar-refractivity contribution in [2.75, 3.05) is 0 Å². The number of aromatic nitrogens is 2. The van der Waals surface area contributed by atoms with E-state index in [4.69, 9.17) is 9.84 Å². The Bertz CT molecular complexity index is 368. The average molecular weight is 208 g/mol. The van der Waals surface area contributed by atoms with Crippen LogP contribution in [0.2, 0.25) is 0 Å². The highest BCUT2D eigenvalue weighted by molar-refractivity contribution is 5.72. The summed E-state index contributed by atoms with van der Waals surface area (Å²) in [4.78, 5) is 18.9. The van der Waals surface area contributed by atoms with E-state index in [2.05, 4.69) is 9.97 Å². The van der Waals surface area contributed by atoms with E-state index in [1.54, 1.807) is 18.6 Å².